The average Bonchev–Trinajstić information content (AvgIpc) is 3.58. The first kappa shape index (κ1) is 21.7. The molecule has 2 aromatic heterocycles. The lowest BCUT2D eigenvalue weighted by atomic mass is 9.99. The van der Waals surface area contributed by atoms with E-state index in [2.05, 4.69) is 5.32 Å². The minimum Gasteiger partial charge on any atom is -0.421 e. The van der Waals surface area contributed by atoms with E-state index < -0.39 is 11.4 Å². The van der Waals surface area contributed by atoms with Crippen LogP contribution in [0.25, 0.3) is 22.1 Å². The summed E-state index contributed by atoms with van der Waals surface area (Å²) in [5.41, 5.74) is 8.62. The van der Waals surface area contributed by atoms with E-state index in [4.69, 9.17) is 10.2 Å². The highest BCUT2D eigenvalue weighted by Gasteiger charge is 2.31. The lowest BCUT2D eigenvalue weighted by molar-refractivity contribution is 0.553. The Kier molecular flexibility index (Phi) is 5.27. The van der Waals surface area contributed by atoms with Crippen molar-refractivity contribution in [2.45, 2.75) is 32.7 Å². The summed E-state index contributed by atoms with van der Waals surface area (Å²) in [6.07, 6.45) is 1.79. The first-order valence-corrected chi connectivity index (χ1v) is 11.6. The molecule has 0 bridgehead atoms. The number of hydrogen-bond acceptors (Lipinski definition) is 5. The molecule has 0 radical (unpaired) electrons. The second-order valence-electron chi connectivity index (χ2n) is 8.34. The van der Waals surface area contributed by atoms with E-state index in [1.54, 1.807) is 35.8 Å². The molecule has 33 heavy (non-hydrogen) atoms. The molecule has 0 aliphatic heterocycles. The predicted molar refractivity (Wildman–Crippen MR) is 137 cm³/mol. The van der Waals surface area contributed by atoms with E-state index in [1.807, 2.05) is 41.6 Å². The van der Waals surface area contributed by atoms with Gasteiger partial charge in [-0.3, -0.25) is 4.79 Å². The summed E-state index contributed by atoms with van der Waals surface area (Å²) in [5.74, 6) is -0.478. The number of rotatable bonds is 4. The smallest absolute Gasteiger partial charge is 0.341 e. The van der Waals surface area contributed by atoms with Crippen LogP contribution in [0.3, 0.4) is 0 Å². The molecule has 0 saturated heterocycles. The molecule has 2 aromatic carbocycles. The number of nitrogen functional groups attached to an aromatic ring is 1. The number of nitrogens with zero attached hydrogens (tertiary/aromatic N) is 1. The van der Waals surface area contributed by atoms with Crippen LogP contribution < -0.4 is 22.2 Å². The SMILES string of the molecule is Cc1c(Nc2ccc(I)cc2F)c2c(=O)n(C3CC3)c(C)c(-c3cccc(N)c3)c2oc1=O. The lowest BCUT2D eigenvalue weighted by Gasteiger charge is -2.19. The lowest BCUT2D eigenvalue weighted by Crippen LogP contribution is -2.25. The standard InChI is InChI=1S/C25H21FIN3O3/c1-12-22(29-19-9-6-15(27)11-18(19)26)21-23(33-25(12)32)20(14-4-3-5-16(28)10-14)13(2)30(24(21)31)17-7-8-17/h3-6,9-11,17,29H,7-8,28H2,1-2H3. The van der Waals surface area contributed by atoms with Gasteiger partial charge in [0, 0.05) is 26.6 Å². The number of benzene rings is 2. The van der Waals surface area contributed by atoms with E-state index in [-0.39, 0.29) is 39.5 Å². The zero-order valence-electron chi connectivity index (χ0n) is 18.0. The third-order valence-corrected chi connectivity index (χ3v) is 6.69. The molecule has 0 amide bonds. The quantitative estimate of drug-likeness (QED) is 0.250. The fraction of sp³-hybridized carbons (Fsp3) is 0.200. The van der Waals surface area contributed by atoms with Crippen molar-refractivity contribution in [3.8, 4) is 11.1 Å². The molecule has 0 atom stereocenters. The first-order valence-electron chi connectivity index (χ1n) is 10.6. The van der Waals surface area contributed by atoms with E-state index in [0.29, 0.717) is 16.9 Å². The number of halogens is 2. The van der Waals surface area contributed by atoms with Gasteiger partial charge in [-0.15, -0.1) is 0 Å². The molecule has 168 valence electrons. The average molecular weight is 557 g/mol. The fourth-order valence-electron chi connectivity index (χ4n) is 4.25. The van der Waals surface area contributed by atoms with Crippen LogP contribution in [0, 0.1) is 23.2 Å². The van der Waals surface area contributed by atoms with Crippen molar-refractivity contribution in [1.29, 1.82) is 0 Å². The van der Waals surface area contributed by atoms with Crippen molar-refractivity contribution in [2.75, 3.05) is 11.1 Å². The number of nitrogens with one attached hydrogen (secondary N) is 1. The molecular formula is C25H21FIN3O3. The molecule has 5 rings (SSSR count). The largest absolute Gasteiger partial charge is 0.421 e. The molecular weight excluding hydrogens is 536 g/mol. The van der Waals surface area contributed by atoms with Gasteiger partial charge in [0.1, 0.15) is 11.2 Å². The summed E-state index contributed by atoms with van der Waals surface area (Å²) in [7, 11) is 0. The van der Waals surface area contributed by atoms with Gasteiger partial charge in [-0.25, -0.2) is 9.18 Å². The van der Waals surface area contributed by atoms with Crippen molar-refractivity contribution in [3.05, 3.63) is 83.9 Å². The molecule has 0 unspecified atom stereocenters. The van der Waals surface area contributed by atoms with Gasteiger partial charge in [-0.2, -0.15) is 0 Å². The van der Waals surface area contributed by atoms with Crippen molar-refractivity contribution in [2.24, 2.45) is 0 Å². The van der Waals surface area contributed by atoms with E-state index >= 15 is 0 Å². The van der Waals surface area contributed by atoms with Crippen LogP contribution in [0.4, 0.5) is 21.5 Å². The molecule has 4 aromatic rings. The second kappa shape index (κ2) is 8.02. The van der Waals surface area contributed by atoms with Crippen LogP contribution >= 0.6 is 22.6 Å². The molecule has 1 saturated carbocycles. The van der Waals surface area contributed by atoms with E-state index in [0.717, 1.165) is 22.0 Å². The third-order valence-electron chi connectivity index (χ3n) is 6.01. The maximum absolute atomic E-state index is 14.7. The van der Waals surface area contributed by atoms with Crippen molar-refractivity contribution in [3.63, 3.8) is 0 Å². The Balaban J connectivity index is 1.89. The zero-order valence-corrected chi connectivity index (χ0v) is 20.2. The summed E-state index contributed by atoms with van der Waals surface area (Å²) in [6, 6.07) is 12.0. The molecule has 1 aliphatic rings. The highest BCUT2D eigenvalue weighted by molar-refractivity contribution is 14.1. The monoisotopic (exact) mass is 557 g/mol. The Labute approximate surface area is 202 Å². The number of fused-ring (bicyclic) bond motifs is 1. The number of aromatic nitrogens is 1. The van der Waals surface area contributed by atoms with Gasteiger partial charge < -0.3 is 20.0 Å². The molecule has 1 fully saturated rings. The highest BCUT2D eigenvalue weighted by Crippen LogP contribution is 2.41. The van der Waals surface area contributed by atoms with Crippen molar-refractivity contribution >= 4 is 50.6 Å². The summed E-state index contributed by atoms with van der Waals surface area (Å²) >= 11 is 2.02. The minimum absolute atomic E-state index is 0.0804. The number of hydrogen-bond donors (Lipinski definition) is 2. The molecule has 6 nitrogen and oxygen atoms in total. The van der Waals surface area contributed by atoms with E-state index in [1.165, 1.54) is 6.07 Å². The van der Waals surface area contributed by atoms with Gasteiger partial charge in [0.15, 0.2) is 5.58 Å². The highest BCUT2D eigenvalue weighted by atomic mass is 127. The van der Waals surface area contributed by atoms with Gasteiger partial charge >= 0.3 is 5.63 Å². The number of anilines is 3. The van der Waals surface area contributed by atoms with Crippen molar-refractivity contribution < 1.29 is 8.81 Å². The third kappa shape index (κ3) is 3.72. The Morgan fingerprint density at radius 3 is 2.58 bits per heavy atom. The zero-order chi connectivity index (χ0) is 23.4. The molecule has 0 spiro atoms. The van der Waals surface area contributed by atoms with Crippen LogP contribution in [0.1, 0.15) is 30.1 Å². The Morgan fingerprint density at radius 2 is 1.91 bits per heavy atom. The van der Waals surface area contributed by atoms with E-state index in [9.17, 15) is 14.0 Å². The number of pyridine rings is 1. The molecule has 1 aliphatic carbocycles. The Bertz CT molecular complexity index is 1550. The Morgan fingerprint density at radius 1 is 1.15 bits per heavy atom. The fourth-order valence-corrected chi connectivity index (χ4v) is 4.70. The van der Waals surface area contributed by atoms with Gasteiger partial charge in [0.2, 0.25) is 0 Å². The van der Waals surface area contributed by atoms with Gasteiger partial charge in [-0.05, 0) is 85.2 Å². The summed E-state index contributed by atoms with van der Waals surface area (Å²) in [5, 5.41) is 3.23. The van der Waals surface area contributed by atoms with Gasteiger partial charge in [0.25, 0.3) is 5.56 Å². The number of nitrogens with two attached hydrogens (primary N) is 1. The van der Waals surface area contributed by atoms with Crippen LogP contribution in [0.15, 0.2) is 56.5 Å². The summed E-state index contributed by atoms with van der Waals surface area (Å²) in [6.45, 7) is 3.42. The van der Waals surface area contributed by atoms with Crippen molar-refractivity contribution in [1.82, 2.24) is 4.57 Å². The van der Waals surface area contributed by atoms with Gasteiger partial charge in [0.05, 0.1) is 16.9 Å². The summed E-state index contributed by atoms with van der Waals surface area (Å²) in [4.78, 5) is 26.6. The topological polar surface area (TPSA) is 90.3 Å². The summed E-state index contributed by atoms with van der Waals surface area (Å²) < 4.78 is 22.9. The molecule has 3 N–H and O–H groups in total. The maximum atomic E-state index is 14.7. The van der Waals surface area contributed by atoms with Gasteiger partial charge in [-0.1, -0.05) is 12.1 Å². The molecule has 2 heterocycles. The first-order chi connectivity index (χ1) is 15.8. The van der Waals surface area contributed by atoms with Crippen LogP contribution in [0.5, 0.6) is 0 Å². The predicted octanol–water partition coefficient (Wildman–Crippen LogP) is 5.64. The molecule has 8 heteroatoms. The second-order valence-corrected chi connectivity index (χ2v) is 9.58. The minimum atomic E-state index is -0.593. The normalized spacial score (nSPS) is 13.5. The van der Waals surface area contributed by atoms with Crippen LogP contribution in [-0.4, -0.2) is 4.57 Å². The van der Waals surface area contributed by atoms with Crippen LogP contribution in [-0.2, 0) is 0 Å². The maximum Gasteiger partial charge on any atom is 0.341 e. The Hall–Kier alpha value is -3.14. The van der Waals surface area contributed by atoms with Crippen LogP contribution in [0.2, 0.25) is 0 Å².